The van der Waals surface area contributed by atoms with E-state index in [0.29, 0.717) is 6.04 Å². The van der Waals surface area contributed by atoms with Crippen LogP contribution < -0.4 is 5.73 Å². The summed E-state index contributed by atoms with van der Waals surface area (Å²) in [7, 11) is 6.50. The molecule has 0 heterocycles. The van der Waals surface area contributed by atoms with Gasteiger partial charge in [-0.25, -0.2) is 0 Å². The van der Waals surface area contributed by atoms with Crippen LogP contribution in [-0.4, -0.2) is 42.6 Å². The van der Waals surface area contributed by atoms with Crippen molar-refractivity contribution in [1.82, 2.24) is 4.90 Å². The van der Waals surface area contributed by atoms with Gasteiger partial charge in [-0.15, -0.1) is 0 Å². The van der Waals surface area contributed by atoms with Gasteiger partial charge in [0.15, 0.2) is 0 Å². The summed E-state index contributed by atoms with van der Waals surface area (Å²) in [6, 6.07) is 0.396. The number of nitrogens with zero attached hydrogens (tertiary/aromatic N) is 1. The largest absolute Gasteiger partial charge is 0.328 e. The molecule has 0 radical (unpaired) electrons. The lowest BCUT2D eigenvalue weighted by Gasteiger charge is -2.22. The first-order chi connectivity index (χ1) is 28.1. The fraction of sp³-hybridized carbons (Fsp3) is 0.925. The van der Waals surface area contributed by atoms with E-state index in [0.717, 1.165) is 5.92 Å². The van der Waals surface area contributed by atoms with Gasteiger partial charge in [-0.3, -0.25) is 0 Å². The SMILES string of the molecule is CCCCCCCC/C=C\CCCCCCCCC(N)CCSSCCN(C)CCC(CCCCCCC/C=C\CCCCCCCC)CCCCCCCCC. The standard InChI is InChI=1S/C53H106N2S2/c1-5-8-11-14-17-19-21-23-25-27-29-31-33-36-39-42-45-53(54)47-50-56-57-51-49-55(4)48-46-52(43-40-37-34-16-13-10-7-3)44-41-38-35-32-30-28-26-24-22-20-18-15-12-9-6-2/h23-26,52-53H,5-22,27-51,54H2,1-4H3/b25-23-,26-24-. The van der Waals surface area contributed by atoms with Gasteiger partial charge >= 0.3 is 0 Å². The van der Waals surface area contributed by atoms with E-state index in [1.54, 1.807) is 0 Å². The highest BCUT2D eigenvalue weighted by Crippen LogP contribution is 2.25. The highest BCUT2D eigenvalue weighted by atomic mass is 33.1. The third-order valence-electron chi connectivity index (χ3n) is 12.3. The Bertz CT molecular complexity index is 785. The quantitative estimate of drug-likeness (QED) is 0.0376. The first-order valence-electron chi connectivity index (χ1n) is 26.1. The summed E-state index contributed by atoms with van der Waals surface area (Å²) in [5, 5.41) is 0. The van der Waals surface area contributed by atoms with Gasteiger partial charge in [0.05, 0.1) is 0 Å². The van der Waals surface area contributed by atoms with E-state index in [9.17, 15) is 0 Å². The Morgan fingerprint density at radius 1 is 0.368 bits per heavy atom. The van der Waals surface area contributed by atoms with Gasteiger partial charge in [-0.05, 0) is 90.1 Å². The van der Waals surface area contributed by atoms with Crippen LogP contribution in [0.2, 0.25) is 0 Å². The molecule has 0 fully saturated rings. The van der Waals surface area contributed by atoms with Crippen LogP contribution in [0.25, 0.3) is 0 Å². The second kappa shape index (κ2) is 50.5. The van der Waals surface area contributed by atoms with Gasteiger partial charge in [0.1, 0.15) is 0 Å². The Morgan fingerprint density at radius 2 is 0.702 bits per heavy atom. The molecule has 0 aliphatic heterocycles. The molecular weight excluding hydrogens is 729 g/mol. The summed E-state index contributed by atoms with van der Waals surface area (Å²) in [4.78, 5) is 2.62. The van der Waals surface area contributed by atoms with Crippen molar-refractivity contribution >= 4 is 21.6 Å². The van der Waals surface area contributed by atoms with E-state index >= 15 is 0 Å². The molecule has 0 aromatic carbocycles. The van der Waals surface area contributed by atoms with Crippen molar-refractivity contribution in [3.8, 4) is 0 Å². The second-order valence-corrected chi connectivity index (χ2v) is 20.9. The normalized spacial score (nSPS) is 13.2. The Kier molecular flexibility index (Phi) is 50.5. The third-order valence-corrected chi connectivity index (χ3v) is 14.7. The smallest absolute Gasteiger partial charge is 0.0165 e. The fourth-order valence-electron chi connectivity index (χ4n) is 8.15. The molecule has 0 aliphatic rings. The molecule has 0 amide bonds. The zero-order chi connectivity index (χ0) is 41.4. The van der Waals surface area contributed by atoms with Crippen LogP contribution in [0.1, 0.15) is 271 Å². The molecule has 0 aromatic rings. The maximum Gasteiger partial charge on any atom is 0.0165 e. The maximum absolute atomic E-state index is 6.50. The fourth-order valence-corrected chi connectivity index (χ4v) is 10.4. The van der Waals surface area contributed by atoms with Crippen molar-refractivity contribution in [2.75, 3.05) is 31.6 Å². The Morgan fingerprint density at radius 3 is 1.11 bits per heavy atom. The molecule has 0 saturated heterocycles. The summed E-state index contributed by atoms with van der Waals surface area (Å²) in [5.41, 5.74) is 6.50. The number of unbranched alkanes of at least 4 members (excludes halogenated alkanes) is 29. The molecule has 0 aromatic heterocycles. The summed E-state index contributed by atoms with van der Waals surface area (Å²) in [5.74, 6) is 3.38. The number of nitrogens with two attached hydrogens (primary N) is 1. The molecular formula is C53H106N2S2. The number of allylic oxidation sites excluding steroid dienone is 4. The van der Waals surface area contributed by atoms with Crippen LogP contribution in [0.15, 0.2) is 24.3 Å². The first kappa shape index (κ1) is 57.1. The maximum atomic E-state index is 6.50. The predicted molar refractivity (Wildman–Crippen MR) is 269 cm³/mol. The summed E-state index contributed by atoms with van der Waals surface area (Å²) >= 11 is 0. The zero-order valence-corrected chi connectivity index (χ0v) is 41.3. The van der Waals surface area contributed by atoms with E-state index < -0.39 is 0 Å². The lowest BCUT2D eigenvalue weighted by atomic mass is 9.91. The van der Waals surface area contributed by atoms with Crippen molar-refractivity contribution in [2.24, 2.45) is 11.7 Å². The molecule has 57 heavy (non-hydrogen) atoms. The van der Waals surface area contributed by atoms with Gasteiger partial charge in [-0.2, -0.15) is 0 Å². The van der Waals surface area contributed by atoms with Crippen molar-refractivity contribution < 1.29 is 0 Å². The van der Waals surface area contributed by atoms with Gasteiger partial charge < -0.3 is 10.6 Å². The third kappa shape index (κ3) is 48.6. The second-order valence-electron chi connectivity index (χ2n) is 18.2. The minimum Gasteiger partial charge on any atom is -0.328 e. The highest BCUT2D eigenvalue weighted by Gasteiger charge is 2.11. The van der Waals surface area contributed by atoms with Crippen LogP contribution in [0.3, 0.4) is 0 Å². The monoisotopic (exact) mass is 835 g/mol. The van der Waals surface area contributed by atoms with Crippen LogP contribution in [0.4, 0.5) is 0 Å². The molecule has 0 bridgehead atoms. The van der Waals surface area contributed by atoms with Crippen LogP contribution in [0, 0.1) is 5.92 Å². The van der Waals surface area contributed by atoms with Gasteiger partial charge in [0.25, 0.3) is 0 Å². The topological polar surface area (TPSA) is 29.3 Å². The van der Waals surface area contributed by atoms with Crippen LogP contribution in [-0.2, 0) is 0 Å². The van der Waals surface area contributed by atoms with Crippen molar-refractivity contribution in [3.05, 3.63) is 24.3 Å². The van der Waals surface area contributed by atoms with E-state index in [4.69, 9.17) is 5.73 Å². The Labute approximate surface area is 369 Å². The Balaban J connectivity index is 3.91. The average Bonchev–Trinajstić information content (AvgIpc) is 3.21. The van der Waals surface area contributed by atoms with Gasteiger partial charge in [0, 0.05) is 24.1 Å². The molecule has 2 N–H and O–H groups in total. The number of rotatable bonds is 49. The minimum absolute atomic E-state index is 0.396. The van der Waals surface area contributed by atoms with Gasteiger partial charge in [0.2, 0.25) is 0 Å². The number of hydrogen-bond donors (Lipinski definition) is 1. The zero-order valence-electron chi connectivity index (χ0n) is 39.7. The molecule has 2 atom stereocenters. The Hall–Kier alpha value is 0.100. The van der Waals surface area contributed by atoms with E-state index in [1.807, 2.05) is 0 Å². The van der Waals surface area contributed by atoms with E-state index in [-0.39, 0.29) is 0 Å². The average molecular weight is 836 g/mol. The summed E-state index contributed by atoms with van der Waals surface area (Å²) in [6.45, 7) is 9.42. The van der Waals surface area contributed by atoms with Gasteiger partial charge in [-0.1, -0.05) is 246 Å². The molecule has 0 saturated carbocycles. The molecule has 2 nitrogen and oxygen atoms in total. The minimum atomic E-state index is 0.396. The molecule has 0 rings (SSSR count). The van der Waals surface area contributed by atoms with Crippen LogP contribution >= 0.6 is 21.6 Å². The first-order valence-corrected chi connectivity index (χ1v) is 28.6. The molecule has 4 heteroatoms. The van der Waals surface area contributed by atoms with Crippen LogP contribution in [0.5, 0.6) is 0 Å². The molecule has 0 spiro atoms. The summed E-state index contributed by atoms with van der Waals surface area (Å²) in [6.07, 6.45) is 64.0. The lowest BCUT2D eigenvalue weighted by molar-refractivity contribution is 0.291. The molecule has 340 valence electrons. The lowest BCUT2D eigenvalue weighted by Crippen LogP contribution is -2.24. The van der Waals surface area contributed by atoms with Crippen molar-refractivity contribution in [1.29, 1.82) is 0 Å². The predicted octanol–water partition coefficient (Wildman–Crippen LogP) is 18.6. The summed E-state index contributed by atoms with van der Waals surface area (Å²) < 4.78 is 0. The van der Waals surface area contributed by atoms with Crippen molar-refractivity contribution in [2.45, 2.75) is 277 Å². The van der Waals surface area contributed by atoms with E-state index in [2.05, 4.69) is 78.6 Å². The van der Waals surface area contributed by atoms with Crippen molar-refractivity contribution in [3.63, 3.8) is 0 Å². The number of hydrogen-bond acceptors (Lipinski definition) is 4. The highest BCUT2D eigenvalue weighted by molar-refractivity contribution is 8.76. The van der Waals surface area contributed by atoms with E-state index in [1.165, 1.54) is 275 Å². The molecule has 2 unspecified atom stereocenters. The molecule has 0 aliphatic carbocycles.